The molecule has 0 aliphatic heterocycles. The molecule has 5 nitrogen and oxygen atoms in total. The zero-order chi connectivity index (χ0) is 12.4. The topological polar surface area (TPSA) is 75.6 Å². The first-order valence-electron chi connectivity index (χ1n) is 5.40. The average molecular weight is 229 g/mol. The van der Waals surface area contributed by atoms with Crippen molar-refractivity contribution in [3.8, 4) is 0 Å². The molecule has 16 heavy (non-hydrogen) atoms. The van der Waals surface area contributed by atoms with Gasteiger partial charge < -0.3 is 20.0 Å². The average Bonchev–Trinajstić information content (AvgIpc) is 1.97. The van der Waals surface area contributed by atoms with Gasteiger partial charge in [-0.05, 0) is 33.6 Å². The van der Waals surface area contributed by atoms with E-state index in [1.165, 1.54) is 0 Å². The van der Waals surface area contributed by atoms with Crippen LogP contribution in [0.3, 0.4) is 0 Å². The van der Waals surface area contributed by atoms with Gasteiger partial charge >= 0.3 is 6.09 Å². The summed E-state index contributed by atoms with van der Waals surface area (Å²) in [6, 6.07) is -0.0974. The van der Waals surface area contributed by atoms with Crippen LogP contribution in [0.5, 0.6) is 0 Å². The van der Waals surface area contributed by atoms with Crippen molar-refractivity contribution in [1.29, 1.82) is 0 Å². The predicted octanol–water partition coefficient (Wildman–Crippen LogP) is 0.994. The fourth-order valence-electron chi connectivity index (χ4n) is 1.76. The minimum atomic E-state index is -0.929. The van der Waals surface area contributed by atoms with E-state index in [4.69, 9.17) is 4.74 Å². The molecule has 0 heterocycles. The van der Waals surface area contributed by atoms with Crippen LogP contribution in [0.2, 0.25) is 0 Å². The number of nitrogens with one attached hydrogen (secondary N) is 1. The summed E-state index contributed by atoms with van der Waals surface area (Å²) >= 11 is 0. The third kappa shape index (κ3) is 3.81. The van der Waals surface area contributed by atoms with Crippen molar-refractivity contribution < 1.29 is 19.4 Å². The van der Waals surface area contributed by atoms with Gasteiger partial charge in [-0.15, -0.1) is 0 Å². The Morgan fingerprint density at radius 1 is 1.56 bits per heavy atom. The molecule has 0 atom stereocenters. The molecular weight excluding hydrogens is 210 g/mol. The number of aldehydes is 1. The number of alkyl carbamates (subject to hydrolysis) is 1. The first-order valence-corrected chi connectivity index (χ1v) is 5.40. The summed E-state index contributed by atoms with van der Waals surface area (Å²) < 4.78 is 5.07. The van der Waals surface area contributed by atoms with Crippen molar-refractivity contribution in [1.82, 2.24) is 5.32 Å². The van der Waals surface area contributed by atoms with Gasteiger partial charge in [0.1, 0.15) is 11.9 Å². The van der Waals surface area contributed by atoms with Gasteiger partial charge in [0, 0.05) is 12.5 Å². The minimum absolute atomic E-state index is 0.0974. The van der Waals surface area contributed by atoms with E-state index in [2.05, 4.69) is 5.32 Å². The number of carbonyl (C=O) groups excluding carboxylic acids is 2. The zero-order valence-electron chi connectivity index (χ0n) is 9.95. The van der Waals surface area contributed by atoms with Gasteiger partial charge in [0.2, 0.25) is 0 Å². The molecule has 0 saturated heterocycles. The smallest absolute Gasteiger partial charge is 0.407 e. The Bertz CT molecular complexity index is 276. The van der Waals surface area contributed by atoms with Crippen LogP contribution in [0.25, 0.3) is 0 Å². The zero-order valence-corrected chi connectivity index (χ0v) is 9.95. The quantitative estimate of drug-likeness (QED) is 0.708. The molecule has 0 bridgehead atoms. The van der Waals surface area contributed by atoms with Gasteiger partial charge in [0.25, 0.3) is 0 Å². The molecule has 0 aromatic carbocycles. The molecule has 1 fully saturated rings. The van der Waals surface area contributed by atoms with Crippen molar-refractivity contribution >= 4 is 12.4 Å². The highest BCUT2D eigenvalue weighted by Gasteiger charge is 2.43. The maximum atomic E-state index is 11.3. The lowest BCUT2D eigenvalue weighted by Crippen LogP contribution is -2.55. The lowest BCUT2D eigenvalue weighted by molar-refractivity contribution is -0.118. The second kappa shape index (κ2) is 4.41. The molecule has 0 unspecified atom stereocenters. The number of ether oxygens (including phenoxy) is 1. The first kappa shape index (κ1) is 13.0. The van der Waals surface area contributed by atoms with Crippen molar-refractivity contribution in [2.75, 3.05) is 0 Å². The maximum Gasteiger partial charge on any atom is 0.407 e. The van der Waals surface area contributed by atoms with Crippen LogP contribution in [-0.4, -0.2) is 34.7 Å². The molecule has 0 aromatic heterocycles. The van der Waals surface area contributed by atoms with Crippen LogP contribution < -0.4 is 5.32 Å². The minimum Gasteiger partial charge on any atom is -0.444 e. The fourth-order valence-corrected chi connectivity index (χ4v) is 1.76. The number of amides is 1. The second-order valence-electron chi connectivity index (χ2n) is 5.35. The Labute approximate surface area is 95.2 Å². The normalized spacial score (nSPS) is 29.1. The van der Waals surface area contributed by atoms with Gasteiger partial charge in [-0.25, -0.2) is 4.79 Å². The highest BCUT2D eigenvalue weighted by Crippen LogP contribution is 2.34. The highest BCUT2D eigenvalue weighted by atomic mass is 16.6. The first-order chi connectivity index (χ1) is 7.24. The summed E-state index contributed by atoms with van der Waals surface area (Å²) in [4.78, 5) is 21.6. The highest BCUT2D eigenvalue weighted by molar-refractivity contribution is 5.68. The summed E-state index contributed by atoms with van der Waals surface area (Å²) in [5.41, 5.74) is -1.45. The molecule has 0 radical (unpaired) electrons. The molecule has 1 saturated carbocycles. The standard InChI is InChI=1S/C11H19NO4/c1-10(2,3)16-9(14)12-8-6-11(15,7-8)4-5-13/h5,8,15H,4,6-7H2,1-3H3,(H,12,14). The summed E-state index contributed by atoms with van der Waals surface area (Å²) in [6.45, 7) is 5.36. The molecule has 1 amide bonds. The SMILES string of the molecule is CC(C)(C)OC(=O)NC1CC(O)(CC=O)C1. The van der Waals surface area contributed by atoms with Gasteiger partial charge in [-0.3, -0.25) is 0 Å². The van der Waals surface area contributed by atoms with E-state index in [1.807, 2.05) is 0 Å². The van der Waals surface area contributed by atoms with E-state index in [1.54, 1.807) is 20.8 Å². The molecule has 0 spiro atoms. The van der Waals surface area contributed by atoms with E-state index in [0.29, 0.717) is 19.1 Å². The number of aliphatic hydroxyl groups is 1. The number of hydrogen-bond acceptors (Lipinski definition) is 4. The monoisotopic (exact) mass is 229 g/mol. The van der Waals surface area contributed by atoms with Crippen molar-refractivity contribution in [2.24, 2.45) is 0 Å². The number of hydrogen-bond donors (Lipinski definition) is 2. The molecule has 5 heteroatoms. The molecular formula is C11H19NO4. The van der Waals surface area contributed by atoms with Crippen molar-refractivity contribution in [3.05, 3.63) is 0 Å². The number of rotatable bonds is 3. The maximum absolute atomic E-state index is 11.3. The van der Waals surface area contributed by atoms with Crippen LogP contribution in [0.4, 0.5) is 4.79 Å². The predicted molar refractivity (Wildman–Crippen MR) is 58.0 cm³/mol. The molecule has 2 N–H and O–H groups in total. The van der Waals surface area contributed by atoms with Crippen molar-refractivity contribution in [3.63, 3.8) is 0 Å². The van der Waals surface area contributed by atoms with Gasteiger partial charge in [-0.1, -0.05) is 0 Å². The summed E-state index contributed by atoms with van der Waals surface area (Å²) in [5, 5.41) is 12.4. The van der Waals surface area contributed by atoms with Crippen LogP contribution in [0.15, 0.2) is 0 Å². The van der Waals surface area contributed by atoms with E-state index < -0.39 is 17.3 Å². The third-order valence-electron chi connectivity index (χ3n) is 2.44. The molecule has 1 rings (SSSR count). The van der Waals surface area contributed by atoms with E-state index in [9.17, 15) is 14.7 Å². The third-order valence-corrected chi connectivity index (χ3v) is 2.44. The van der Waals surface area contributed by atoms with Gasteiger partial charge in [-0.2, -0.15) is 0 Å². The van der Waals surface area contributed by atoms with Gasteiger partial charge in [0.05, 0.1) is 5.60 Å². The van der Waals surface area contributed by atoms with Crippen LogP contribution >= 0.6 is 0 Å². The fraction of sp³-hybridized carbons (Fsp3) is 0.818. The van der Waals surface area contributed by atoms with Crippen molar-refractivity contribution in [2.45, 2.75) is 57.3 Å². The van der Waals surface area contributed by atoms with E-state index >= 15 is 0 Å². The lowest BCUT2D eigenvalue weighted by Gasteiger charge is -2.42. The summed E-state index contributed by atoms with van der Waals surface area (Å²) in [5.74, 6) is 0. The summed E-state index contributed by atoms with van der Waals surface area (Å²) in [7, 11) is 0. The molecule has 1 aliphatic rings. The molecule has 1 aliphatic carbocycles. The van der Waals surface area contributed by atoms with Crippen LogP contribution in [0, 0.1) is 0 Å². The van der Waals surface area contributed by atoms with E-state index in [0.717, 1.165) is 0 Å². The van der Waals surface area contributed by atoms with Crippen LogP contribution in [-0.2, 0) is 9.53 Å². The second-order valence-corrected chi connectivity index (χ2v) is 5.35. The Hall–Kier alpha value is -1.10. The van der Waals surface area contributed by atoms with Gasteiger partial charge in [0.15, 0.2) is 0 Å². The van der Waals surface area contributed by atoms with Crippen LogP contribution in [0.1, 0.15) is 40.0 Å². The lowest BCUT2D eigenvalue weighted by atomic mass is 9.74. The Morgan fingerprint density at radius 2 is 2.12 bits per heavy atom. The Balaban J connectivity index is 2.27. The van der Waals surface area contributed by atoms with E-state index in [-0.39, 0.29) is 12.5 Å². The largest absolute Gasteiger partial charge is 0.444 e. The Kier molecular flexibility index (Phi) is 3.57. The Morgan fingerprint density at radius 3 is 2.56 bits per heavy atom. The molecule has 92 valence electrons. The summed E-state index contributed by atoms with van der Waals surface area (Å²) in [6.07, 6.45) is 1.16. The number of carbonyl (C=O) groups is 2. The molecule has 0 aromatic rings.